The van der Waals surface area contributed by atoms with Gasteiger partial charge in [-0.25, -0.2) is 4.98 Å². The van der Waals surface area contributed by atoms with E-state index in [0.717, 1.165) is 37.0 Å². The van der Waals surface area contributed by atoms with Gasteiger partial charge in [0.05, 0.1) is 16.1 Å². The molecule has 19 heavy (non-hydrogen) atoms. The van der Waals surface area contributed by atoms with Gasteiger partial charge >= 0.3 is 0 Å². The quantitative estimate of drug-likeness (QED) is 0.590. The minimum atomic E-state index is 0.760. The van der Waals surface area contributed by atoms with Crippen molar-refractivity contribution in [3.63, 3.8) is 0 Å². The van der Waals surface area contributed by atoms with E-state index in [1.165, 1.54) is 0 Å². The summed E-state index contributed by atoms with van der Waals surface area (Å²) in [5.74, 6) is 0. The van der Waals surface area contributed by atoms with Crippen molar-refractivity contribution in [1.82, 2.24) is 4.98 Å². The first-order chi connectivity index (χ1) is 9.06. The van der Waals surface area contributed by atoms with E-state index >= 15 is 0 Å². The molecule has 0 aliphatic heterocycles. The molecule has 3 aromatic rings. The smallest absolute Gasteiger partial charge is 0.0735 e. The van der Waals surface area contributed by atoms with Crippen molar-refractivity contribution in [2.45, 2.75) is 0 Å². The Balaban J connectivity index is 2.40. The minimum Gasteiger partial charge on any atom is -0.378 e. The highest BCUT2D eigenvalue weighted by Gasteiger charge is 2.09. The second-order valence-electron chi connectivity index (χ2n) is 4.68. The highest BCUT2D eigenvalue weighted by molar-refractivity contribution is 9.10. The molecule has 2 aromatic carbocycles. The lowest BCUT2D eigenvalue weighted by Crippen LogP contribution is -2.08. The summed E-state index contributed by atoms with van der Waals surface area (Å²) < 4.78 is 1.01. The lowest BCUT2D eigenvalue weighted by Gasteiger charge is -2.14. The molecule has 0 atom stereocenters. The van der Waals surface area contributed by atoms with Crippen LogP contribution in [0.1, 0.15) is 0 Å². The zero-order valence-electron chi connectivity index (χ0n) is 10.6. The molecule has 0 unspecified atom stereocenters. The van der Waals surface area contributed by atoms with E-state index in [9.17, 15) is 0 Å². The number of anilines is 1. The molecule has 0 fully saturated rings. The number of halogens is 2. The summed E-state index contributed by atoms with van der Waals surface area (Å²) in [5.41, 5.74) is 2.94. The molecule has 0 aliphatic carbocycles. The fraction of sp³-hybridized carbons (Fsp3) is 0.133. The van der Waals surface area contributed by atoms with Crippen molar-refractivity contribution in [2.24, 2.45) is 0 Å². The Morgan fingerprint density at radius 3 is 2.53 bits per heavy atom. The Bertz CT molecular complexity index is 784. The predicted octanol–water partition coefficient (Wildman–Crippen LogP) is 4.87. The predicted molar refractivity (Wildman–Crippen MR) is 86.3 cm³/mol. The van der Waals surface area contributed by atoms with E-state index in [2.05, 4.69) is 37.9 Å². The van der Waals surface area contributed by atoms with E-state index in [1.54, 1.807) is 0 Å². The standard InChI is InChI=1S/C15H12BrClN2/c1-19(2)10-4-6-13-12(8-10)15(17)11-5-3-9(16)7-14(11)18-13/h3-8H,1-2H3. The number of nitrogens with zero attached hydrogens (tertiary/aromatic N) is 2. The zero-order valence-corrected chi connectivity index (χ0v) is 13.0. The van der Waals surface area contributed by atoms with Crippen LogP contribution in [0.2, 0.25) is 5.02 Å². The van der Waals surface area contributed by atoms with Crippen LogP contribution in [0, 0.1) is 0 Å². The molecule has 1 heterocycles. The van der Waals surface area contributed by atoms with E-state index in [1.807, 2.05) is 38.4 Å². The lowest BCUT2D eigenvalue weighted by molar-refractivity contribution is 1.13. The Kier molecular flexibility index (Phi) is 3.11. The van der Waals surface area contributed by atoms with Crippen LogP contribution in [-0.2, 0) is 0 Å². The number of hydrogen-bond donors (Lipinski definition) is 0. The summed E-state index contributed by atoms with van der Waals surface area (Å²) in [6, 6.07) is 12.1. The first-order valence-corrected chi connectivity index (χ1v) is 7.09. The van der Waals surface area contributed by atoms with Gasteiger partial charge in [0.2, 0.25) is 0 Å². The highest BCUT2D eigenvalue weighted by atomic mass is 79.9. The molecule has 0 amide bonds. The lowest BCUT2D eigenvalue weighted by atomic mass is 10.1. The molecule has 0 radical (unpaired) electrons. The van der Waals surface area contributed by atoms with Gasteiger partial charge < -0.3 is 4.90 Å². The monoisotopic (exact) mass is 334 g/mol. The van der Waals surface area contributed by atoms with Gasteiger partial charge in [0.25, 0.3) is 0 Å². The van der Waals surface area contributed by atoms with E-state index in [0.29, 0.717) is 0 Å². The van der Waals surface area contributed by atoms with Crippen LogP contribution < -0.4 is 4.90 Å². The molecule has 0 saturated carbocycles. The largest absolute Gasteiger partial charge is 0.378 e. The fourth-order valence-electron chi connectivity index (χ4n) is 2.13. The average molecular weight is 336 g/mol. The van der Waals surface area contributed by atoms with Crippen LogP contribution >= 0.6 is 27.5 Å². The van der Waals surface area contributed by atoms with E-state index in [4.69, 9.17) is 11.6 Å². The maximum Gasteiger partial charge on any atom is 0.0735 e. The van der Waals surface area contributed by atoms with Gasteiger partial charge in [-0.05, 0) is 30.3 Å². The van der Waals surface area contributed by atoms with Gasteiger partial charge in [-0.2, -0.15) is 0 Å². The maximum atomic E-state index is 6.53. The van der Waals surface area contributed by atoms with Gasteiger partial charge in [-0.1, -0.05) is 33.6 Å². The van der Waals surface area contributed by atoms with Crippen molar-refractivity contribution in [2.75, 3.05) is 19.0 Å². The third-order valence-electron chi connectivity index (χ3n) is 3.17. The molecular formula is C15H12BrClN2. The summed E-state index contributed by atoms with van der Waals surface area (Å²) in [5, 5.41) is 2.73. The van der Waals surface area contributed by atoms with Crippen molar-refractivity contribution >= 4 is 55.0 Å². The van der Waals surface area contributed by atoms with Crippen LogP contribution in [-0.4, -0.2) is 19.1 Å². The topological polar surface area (TPSA) is 16.1 Å². The number of aromatic nitrogens is 1. The van der Waals surface area contributed by atoms with E-state index in [-0.39, 0.29) is 0 Å². The van der Waals surface area contributed by atoms with Gasteiger partial charge in [0.15, 0.2) is 0 Å². The minimum absolute atomic E-state index is 0.760. The molecule has 0 N–H and O–H groups in total. The number of benzene rings is 2. The number of pyridine rings is 1. The Morgan fingerprint density at radius 1 is 1.00 bits per heavy atom. The summed E-state index contributed by atoms with van der Waals surface area (Å²) in [6.07, 6.45) is 0. The van der Waals surface area contributed by atoms with Gasteiger partial charge in [-0.3, -0.25) is 0 Å². The fourth-order valence-corrected chi connectivity index (χ4v) is 2.79. The van der Waals surface area contributed by atoms with Crippen LogP contribution in [0.4, 0.5) is 5.69 Å². The molecular weight excluding hydrogens is 324 g/mol. The zero-order chi connectivity index (χ0) is 13.6. The third-order valence-corrected chi connectivity index (χ3v) is 4.07. The molecule has 0 saturated heterocycles. The van der Waals surface area contributed by atoms with Crippen molar-refractivity contribution in [3.8, 4) is 0 Å². The van der Waals surface area contributed by atoms with Crippen molar-refractivity contribution in [3.05, 3.63) is 45.9 Å². The van der Waals surface area contributed by atoms with Crippen LogP contribution in [0.15, 0.2) is 40.9 Å². The molecule has 96 valence electrons. The Labute approximate surface area is 125 Å². The van der Waals surface area contributed by atoms with Gasteiger partial charge in [0.1, 0.15) is 0 Å². The van der Waals surface area contributed by atoms with Crippen LogP contribution in [0.3, 0.4) is 0 Å². The van der Waals surface area contributed by atoms with Crippen molar-refractivity contribution < 1.29 is 0 Å². The molecule has 1 aromatic heterocycles. The maximum absolute atomic E-state index is 6.53. The summed E-state index contributed by atoms with van der Waals surface area (Å²) >= 11 is 9.99. The van der Waals surface area contributed by atoms with Crippen molar-refractivity contribution in [1.29, 1.82) is 0 Å². The Morgan fingerprint density at radius 2 is 1.79 bits per heavy atom. The average Bonchev–Trinajstić information content (AvgIpc) is 2.38. The van der Waals surface area contributed by atoms with Crippen LogP contribution in [0.5, 0.6) is 0 Å². The summed E-state index contributed by atoms with van der Waals surface area (Å²) in [7, 11) is 4.03. The number of hydrogen-bond acceptors (Lipinski definition) is 2. The highest BCUT2D eigenvalue weighted by Crippen LogP contribution is 2.33. The number of fused-ring (bicyclic) bond motifs is 2. The van der Waals surface area contributed by atoms with Gasteiger partial charge in [0, 0.05) is 35.0 Å². The molecule has 3 rings (SSSR count). The van der Waals surface area contributed by atoms with Crippen LogP contribution in [0.25, 0.3) is 21.8 Å². The third kappa shape index (κ3) is 2.17. The normalized spacial score (nSPS) is 11.2. The molecule has 0 aliphatic rings. The molecule has 2 nitrogen and oxygen atoms in total. The first-order valence-electron chi connectivity index (χ1n) is 5.92. The Hall–Kier alpha value is -1.32. The molecule has 0 spiro atoms. The summed E-state index contributed by atoms with van der Waals surface area (Å²) in [6.45, 7) is 0. The van der Waals surface area contributed by atoms with Gasteiger partial charge in [-0.15, -0.1) is 0 Å². The second kappa shape index (κ2) is 4.66. The second-order valence-corrected chi connectivity index (χ2v) is 5.98. The summed E-state index contributed by atoms with van der Waals surface area (Å²) in [4.78, 5) is 6.72. The van der Waals surface area contributed by atoms with E-state index < -0.39 is 0 Å². The SMILES string of the molecule is CN(C)c1ccc2nc3cc(Br)ccc3c(Cl)c2c1. The number of rotatable bonds is 1. The first kappa shape index (κ1) is 12.7. The molecule has 0 bridgehead atoms. The molecule has 4 heteroatoms.